The van der Waals surface area contributed by atoms with Crippen molar-refractivity contribution in [2.24, 2.45) is 0 Å². The van der Waals surface area contributed by atoms with Crippen LogP contribution < -0.4 is 5.32 Å². The molecular formula is C12H9ClF3NO2. The number of carbonyl (C=O) groups is 1. The highest BCUT2D eigenvalue weighted by atomic mass is 35.5. The van der Waals surface area contributed by atoms with Gasteiger partial charge in [-0.05, 0) is 36.3 Å². The van der Waals surface area contributed by atoms with Crippen LogP contribution in [-0.2, 0) is 4.79 Å². The van der Waals surface area contributed by atoms with Crippen LogP contribution in [0.2, 0.25) is 5.02 Å². The first-order chi connectivity index (χ1) is 8.70. The molecule has 2 N–H and O–H groups in total. The number of carboxylic acid groups (broad SMARTS) is 1. The highest BCUT2D eigenvalue weighted by Gasteiger charge is 2.46. The molecule has 102 valence electrons. The van der Waals surface area contributed by atoms with E-state index in [1.807, 2.05) is 0 Å². The molecule has 1 aromatic carbocycles. The predicted molar refractivity (Wildman–Crippen MR) is 65.3 cm³/mol. The van der Waals surface area contributed by atoms with Crippen molar-refractivity contribution in [3.8, 4) is 0 Å². The summed E-state index contributed by atoms with van der Waals surface area (Å²) in [6.07, 6.45) is -3.68. The maximum atomic E-state index is 12.9. The number of benzene rings is 1. The minimum absolute atomic E-state index is 0.247. The van der Waals surface area contributed by atoms with Gasteiger partial charge in [-0.15, -0.1) is 0 Å². The number of aryl methyl sites for hydroxylation is 1. The van der Waals surface area contributed by atoms with E-state index in [0.29, 0.717) is 16.1 Å². The summed E-state index contributed by atoms with van der Waals surface area (Å²) >= 11 is 5.81. The van der Waals surface area contributed by atoms with Crippen LogP contribution in [-0.4, -0.2) is 23.3 Å². The molecule has 0 radical (unpaired) electrons. The number of nitrogens with one attached hydrogen (secondary N) is 1. The standard InChI is InChI=1S/C12H9ClF3NO2/c1-5-2-7(13)3-6-4-8(11(18)19)10(12(14,15)16)17-9(5)6/h2-4,10,17H,1H3,(H,18,19)/t10-/m0/s1. The summed E-state index contributed by atoms with van der Waals surface area (Å²) in [6.45, 7) is 1.60. The van der Waals surface area contributed by atoms with Crippen LogP contribution in [0.3, 0.4) is 0 Å². The number of anilines is 1. The fraction of sp³-hybridized carbons (Fsp3) is 0.250. The Morgan fingerprint density at radius 3 is 2.58 bits per heavy atom. The zero-order chi connectivity index (χ0) is 14.4. The molecule has 0 amide bonds. The number of rotatable bonds is 1. The van der Waals surface area contributed by atoms with E-state index in [1.165, 1.54) is 12.1 Å². The molecular weight excluding hydrogens is 283 g/mol. The van der Waals surface area contributed by atoms with E-state index in [1.54, 1.807) is 6.92 Å². The molecule has 0 unspecified atom stereocenters. The summed E-state index contributed by atoms with van der Waals surface area (Å²) in [6, 6.07) is 0.713. The Bertz CT molecular complexity index is 581. The molecule has 0 aromatic heterocycles. The van der Waals surface area contributed by atoms with Gasteiger partial charge in [-0.25, -0.2) is 4.79 Å². The fourth-order valence-corrected chi connectivity index (χ4v) is 2.28. The lowest BCUT2D eigenvalue weighted by Gasteiger charge is -2.29. The molecule has 1 atom stereocenters. The van der Waals surface area contributed by atoms with E-state index < -0.39 is 23.8 Å². The third-order valence-electron chi connectivity index (χ3n) is 2.82. The summed E-state index contributed by atoms with van der Waals surface area (Å²) in [7, 11) is 0. The maximum Gasteiger partial charge on any atom is 0.413 e. The summed E-state index contributed by atoms with van der Waals surface area (Å²) in [5.41, 5.74) is 0.360. The van der Waals surface area contributed by atoms with Gasteiger partial charge in [0, 0.05) is 10.7 Å². The molecule has 0 bridgehead atoms. The van der Waals surface area contributed by atoms with Gasteiger partial charge in [0.1, 0.15) is 0 Å². The van der Waals surface area contributed by atoms with Crippen molar-refractivity contribution in [3.63, 3.8) is 0 Å². The number of fused-ring (bicyclic) bond motifs is 1. The van der Waals surface area contributed by atoms with Gasteiger partial charge in [-0.2, -0.15) is 13.2 Å². The second-order valence-corrected chi connectivity index (χ2v) is 4.65. The van der Waals surface area contributed by atoms with Gasteiger partial charge in [0.2, 0.25) is 0 Å². The van der Waals surface area contributed by atoms with Crippen LogP contribution in [0, 0.1) is 6.92 Å². The molecule has 7 heteroatoms. The molecule has 3 nitrogen and oxygen atoms in total. The lowest BCUT2D eigenvalue weighted by molar-refractivity contribution is -0.146. The summed E-state index contributed by atoms with van der Waals surface area (Å²) in [5, 5.41) is 11.5. The van der Waals surface area contributed by atoms with Crippen LogP contribution in [0.4, 0.5) is 18.9 Å². The third kappa shape index (κ3) is 2.53. The Morgan fingerprint density at radius 2 is 2.05 bits per heavy atom. The maximum absolute atomic E-state index is 12.9. The number of hydrogen-bond acceptors (Lipinski definition) is 2. The van der Waals surface area contributed by atoms with E-state index >= 15 is 0 Å². The quantitative estimate of drug-likeness (QED) is 0.833. The van der Waals surface area contributed by atoms with E-state index in [-0.39, 0.29) is 5.69 Å². The predicted octanol–water partition coefficient (Wildman–Crippen LogP) is 3.47. The normalized spacial score (nSPS) is 18.4. The topological polar surface area (TPSA) is 49.3 Å². The molecule has 0 spiro atoms. The Hall–Kier alpha value is -1.69. The number of hydrogen-bond donors (Lipinski definition) is 2. The van der Waals surface area contributed by atoms with Gasteiger partial charge in [-0.3, -0.25) is 0 Å². The van der Waals surface area contributed by atoms with Crippen molar-refractivity contribution in [1.29, 1.82) is 0 Å². The molecule has 0 saturated heterocycles. The minimum atomic E-state index is -4.69. The smallest absolute Gasteiger partial charge is 0.413 e. The molecule has 19 heavy (non-hydrogen) atoms. The molecule has 1 aliphatic rings. The first-order valence-electron chi connectivity index (χ1n) is 5.28. The Labute approximate surface area is 111 Å². The average molecular weight is 292 g/mol. The Morgan fingerprint density at radius 1 is 1.42 bits per heavy atom. The van der Waals surface area contributed by atoms with Crippen molar-refractivity contribution in [2.45, 2.75) is 19.1 Å². The zero-order valence-electron chi connectivity index (χ0n) is 9.68. The van der Waals surface area contributed by atoms with Crippen molar-refractivity contribution < 1.29 is 23.1 Å². The van der Waals surface area contributed by atoms with E-state index in [9.17, 15) is 18.0 Å². The van der Waals surface area contributed by atoms with Gasteiger partial charge in [0.25, 0.3) is 0 Å². The van der Waals surface area contributed by atoms with Crippen LogP contribution >= 0.6 is 11.6 Å². The largest absolute Gasteiger partial charge is 0.478 e. The van der Waals surface area contributed by atoms with E-state index in [4.69, 9.17) is 16.7 Å². The van der Waals surface area contributed by atoms with Crippen molar-refractivity contribution in [3.05, 3.63) is 33.9 Å². The molecule has 0 aliphatic carbocycles. The summed E-state index contributed by atoms with van der Waals surface area (Å²) < 4.78 is 38.6. The van der Waals surface area contributed by atoms with Crippen molar-refractivity contribution in [1.82, 2.24) is 0 Å². The van der Waals surface area contributed by atoms with Crippen molar-refractivity contribution in [2.75, 3.05) is 5.32 Å². The number of aliphatic carboxylic acids is 1. The lowest BCUT2D eigenvalue weighted by Crippen LogP contribution is -2.42. The minimum Gasteiger partial charge on any atom is -0.478 e. The van der Waals surface area contributed by atoms with Crippen LogP contribution in [0.1, 0.15) is 11.1 Å². The first kappa shape index (κ1) is 13.7. The Balaban J connectivity index is 2.61. The summed E-state index contributed by atoms with van der Waals surface area (Å²) in [5.74, 6) is -1.61. The van der Waals surface area contributed by atoms with Gasteiger partial charge >= 0.3 is 12.1 Å². The molecule has 2 rings (SSSR count). The molecule has 1 heterocycles. The van der Waals surface area contributed by atoms with Gasteiger partial charge in [0.05, 0.1) is 5.57 Å². The monoisotopic (exact) mass is 291 g/mol. The second kappa shape index (κ2) is 4.45. The lowest BCUT2D eigenvalue weighted by atomic mass is 9.95. The van der Waals surface area contributed by atoms with Crippen LogP contribution in [0.25, 0.3) is 6.08 Å². The molecule has 0 saturated carbocycles. The SMILES string of the molecule is Cc1cc(Cl)cc2c1N[C@H](C(F)(F)F)C(C(=O)O)=C2. The number of alkyl halides is 3. The Kier molecular flexibility index (Phi) is 3.22. The number of halogens is 4. The second-order valence-electron chi connectivity index (χ2n) is 4.21. The van der Waals surface area contributed by atoms with E-state index in [2.05, 4.69) is 5.32 Å². The highest BCUT2D eigenvalue weighted by Crippen LogP contribution is 2.38. The average Bonchev–Trinajstić information content (AvgIpc) is 2.25. The fourth-order valence-electron chi connectivity index (χ4n) is 2.00. The van der Waals surface area contributed by atoms with Crippen LogP contribution in [0.15, 0.2) is 17.7 Å². The third-order valence-corrected chi connectivity index (χ3v) is 3.03. The summed E-state index contributed by atoms with van der Waals surface area (Å²) in [4.78, 5) is 10.9. The van der Waals surface area contributed by atoms with E-state index in [0.717, 1.165) is 6.08 Å². The van der Waals surface area contributed by atoms with Crippen LogP contribution in [0.5, 0.6) is 0 Å². The highest BCUT2D eigenvalue weighted by molar-refractivity contribution is 6.31. The first-order valence-corrected chi connectivity index (χ1v) is 5.66. The van der Waals surface area contributed by atoms with Gasteiger partial charge < -0.3 is 10.4 Å². The zero-order valence-corrected chi connectivity index (χ0v) is 10.4. The van der Waals surface area contributed by atoms with Gasteiger partial charge in [-0.1, -0.05) is 11.6 Å². The van der Waals surface area contributed by atoms with Crippen molar-refractivity contribution >= 4 is 29.3 Å². The molecule has 1 aromatic rings. The molecule has 0 fully saturated rings. The van der Waals surface area contributed by atoms with Gasteiger partial charge in [0.15, 0.2) is 6.04 Å². The molecule has 1 aliphatic heterocycles. The number of carboxylic acids is 1.